The highest BCUT2D eigenvalue weighted by molar-refractivity contribution is 7.92. The Hall–Kier alpha value is -2.85. The van der Waals surface area contributed by atoms with Crippen LogP contribution in [0.1, 0.15) is 29.9 Å². The number of carbonyl (C=O) groups excluding carboxylic acids is 1. The van der Waals surface area contributed by atoms with Crippen molar-refractivity contribution in [1.29, 1.82) is 0 Å². The van der Waals surface area contributed by atoms with Crippen LogP contribution in [-0.4, -0.2) is 28.0 Å². The highest BCUT2D eigenvalue weighted by Gasteiger charge is 2.26. The van der Waals surface area contributed by atoms with Crippen molar-refractivity contribution in [3.05, 3.63) is 81.2 Å². The van der Waals surface area contributed by atoms with Crippen LogP contribution in [-0.2, 0) is 32.6 Å². The third-order valence-corrected chi connectivity index (χ3v) is 8.35. The van der Waals surface area contributed by atoms with Gasteiger partial charge >= 0.3 is 0 Å². The van der Waals surface area contributed by atoms with Crippen LogP contribution < -0.4 is 9.62 Å². The summed E-state index contributed by atoms with van der Waals surface area (Å²) >= 11 is 7.92. The van der Waals surface area contributed by atoms with E-state index in [-0.39, 0.29) is 4.90 Å². The quantitative estimate of drug-likeness (QED) is 0.239. The smallest absolute Gasteiger partial charge is 0.293 e. The molecule has 36 heavy (non-hydrogen) atoms. The van der Waals surface area contributed by atoms with E-state index in [1.165, 1.54) is 9.18 Å². The van der Waals surface area contributed by atoms with Crippen LogP contribution in [0.2, 0.25) is 5.02 Å². The summed E-state index contributed by atoms with van der Waals surface area (Å²) in [6.07, 6.45) is 1.63. The molecule has 0 spiro atoms. The summed E-state index contributed by atoms with van der Waals surface area (Å²) in [7, 11) is -3.77. The van der Waals surface area contributed by atoms with Gasteiger partial charge in [-0.05, 0) is 79.7 Å². The number of rotatable bonds is 10. The van der Waals surface area contributed by atoms with E-state index in [1.54, 1.807) is 54.9 Å². The Morgan fingerprint density at radius 1 is 1.14 bits per heavy atom. The molecular weight excluding hydrogens is 520 g/mol. The standard InChI is InChI=1S/C23H23ClN2O3S2.C3H6O2/c1-3-26(31(27,28)20-7-9-23-21(12-20)16(2)15-29-23)22-8-6-18(24)11-17(22)13-25-14-19-5-4-10-30-19;1-2-5-3-4/h4-12,15,25H,3,13-14H2,1-2H3;3H,2H2,1H3. The fraction of sp³-hybridized carbons (Fsp3) is 0.269. The highest BCUT2D eigenvalue weighted by Crippen LogP contribution is 2.31. The minimum absolute atomic E-state index is 0.235. The number of anilines is 1. The number of ether oxygens (including phenoxy) is 1. The van der Waals surface area contributed by atoms with E-state index in [9.17, 15) is 13.2 Å². The van der Waals surface area contributed by atoms with E-state index in [0.29, 0.717) is 49.0 Å². The first kappa shape index (κ1) is 27.7. The SMILES string of the molecule is CCN(c1ccc(Cl)cc1CNCc1cccs1)S(=O)(=O)c1ccc2occ(C)c2c1.CCOC=O. The largest absolute Gasteiger partial charge is 0.468 e. The van der Waals surface area contributed by atoms with Crippen LogP contribution in [0.3, 0.4) is 0 Å². The maximum Gasteiger partial charge on any atom is 0.293 e. The van der Waals surface area contributed by atoms with Gasteiger partial charge in [-0.25, -0.2) is 8.42 Å². The lowest BCUT2D eigenvalue weighted by Gasteiger charge is -2.26. The van der Waals surface area contributed by atoms with Gasteiger partial charge in [0.05, 0.1) is 23.5 Å². The van der Waals surface area contributed by atoms with Gasteiger partial charge in [0.1, 0.15) is 5.58 Å². The Balaban J connectivity index is 0.000000658. The number of furan rings is 1. The van der Waals surface area contributed by atoms with Gasteiger partial charge in [-0.3, -0.25) is 9.10 Å². The van der Waals surface area contributed by atoms with E-state index in [4.69, 9.17) is 16.0 Å². The molecule has 192 valence electrons. The molecule has 0 bridgehead atoms. The van der Waals surface area contributed by atoms with Crippen LogP contribution >= 0.6 is 22.9 Å². The minimum atomic E-state index is -3.77. The molecule has 10 heteroatoms. The van der Waals surface area contributed by atoms with Crippen molar-refractivity contribution in [3.63, 3.8) is 0 Å². The number of fused-ring (bicyclic) bond motifs is 1. The Bertz CT molecular complexity index is 1380. The van der Waals surface area contributed by atoms with Gasteiger partial charge in [0.15, 0.2) is 0 Å². The maximum atomic E-state index is 13.6. The van der Waals surface area contributed by atoms with Gasteiger partial charge in [-0.2, -0.15) is 0 Å². The molecule has 1 N–H and O–H groups in total. The normalized spacial score (nSPS) is 11.1. The molecule has 0 aliphatic rings. The number of nitrogens with one attached hydrogen (secondary N) is 1. The van der Waals surface area contributed by atoms with E-state index in [2.05, 4.69) is 16.1 Å². The number of halogens is 1. The van der Waals surface area contributed by atoms with Crippen LogP contribution in [0.5, 0.6) is 0 Å². The number of thiophene rings is 1. The zero-order valence-corrected chi connectivity index (χ0v) is 22.8. The van der Waals surface area contributed by atoms with E-state index >= 15 is 0 Å². The molecule has 0 unspecified atom stereocenters. The number of aryl methyl sites for hydroxylation is 1. The van der Waals surface area contributed by atoms with Gasteiger partial charge < -0.3 is 14.5 Å². The number of sulfonamides is 1. The first-order chi connectivity index (χ1) is 17.3. The van der Waals surface area contributed by atoms with Gasteiger partial charge in [0.2, 0.25) is 0 Å². The number of nitrogens with zero attached hydrogens (tertiary/aromatic N) is 1. The van der Waals surface area contributed by atoms with E-state index < -0.39 is 10.0 Å². The van der Waals surface area contributed by atoms with Crippen molar-refractivity contribution in [1.82, 2.24) is 5.32 Å². The van der Waals surface area contributed by atoms with Gasteiger partial charge in [-0.15, -0.1) is 11.3 Å². The lowest BCUT2D eigenvalue weighted by molar-refractivity contribution is -0.128. The Kier molecular flexibility index (Phi) is 9.95. The summed E-state index contributed by atoms with van der Waals surface area (Å²) < 4.78 is 38.2. The molecule has 7 nitrogen and oxygen atoms in total. The molecule has 0 aliphatic carbocycles. The molecule has 0 radical (unpaired) electrons. The zero-order chi connectivity index (χ0) is 26.1. The minimum Gasteiger partial charge on any atom is -0.468 e. The molecule has 2 aromatic heterocycles. The topological polar surface area (TPSA) is 88.8 Å². The van der Waals surface area contributed by atoms with Gasteiger partial charge in [-0.1, -0.05) is 17.7 Å². The van der Waals surface area contributed by atoms with Crippen molar-refractivity contribution in [2.24, 2.45) is 0 Å². The molecule has 0 amide bonds. The molecule has 0 aliphatic heterocycles. The second-order valence-electron chi connectivity index (χ2n) is 7.75. The molecule has 2 heterocycles. The molecule has 4 aromatic rings. The average Bonchev–Trinajstić information content (AvgIpc) is 3.51. The first-order valence-electron chi connectivity index (χ1n) is 11.4. The molecule has 4 rings (SSSR count). The summed E-state index contributed by atoms with van der Waals surface area (Å²) in [5, 5.41) is 6.79. The summed E-state index contributed by atoms with van der Waals surface area (Å²) in [4.78, 5) is 10.6. The fourth-order valence-electron chi connectivity index (χ4n) is 3.63. The van der Waals surface area contributed by atoms with Crippen molar-refractivity contribution in [2.45, 2.75) is 38.8 Å². The predicted molar refractivity (Wildman–Crippen MR) is 145 cm³/mol. The zero-order valence-electron chi connectivity index (χ0n) is 20.4. The molecule has 2 aromatic carbocycles. The average molecular weight is 549 g/mol. The van der Waals surface area contributed by atoms with Crippen LogP contribution in [0, 0.1) is 6.92 Å². The molecule has 0 saturated heterocycles. The van der Waals surface area contributed by atoms with Crippen LogP contribution in [0.25, 0.3) is 11.0 Å². The Morgan fingerprint density at radius 3 is 2.58 bits per heavy atom. The van der Waals surface area contributed by atoms with Crippen molar-refractivity contribution < 1.29 is 22.4 Å². The highest BCUT2D eigenvalue weighted by atomic mass is 35.5. The second kappa shape index (κ2) is 12.9. The van der Waals surface area contributed by atoms with Crippen molar-refractivity contribution in [3.8, 4) is 0 Å². The van der Waals surface area contributed by atoms with Crippen LogP contribution in [0.15, 0.2) is 69.5 Å². The first-order valence-corrected chi connectivity index (χ1v) is 14.1. The third kappa shape index (κ3) is 6.67. The summed E-state index contributed by atoms with van der Waals surface area (Å²) in [5.74, 6) is 0. The number of benzene rings is 2. The lowest BCUT2D eigenvalue weighted by Crippen LogP contribution is -2.32. The van der Waals surface area contributed by atoms with Gasteiger partial charge in [0, 0.05) is 34.9 Å². The predicted octanol–water partition coefficient (Wildman–Crippen LogP) is 6.14. The monoisotopic (exact) mass is 548 g/mol. The molecule has 0 fully saturated rings. The number of carbonyl (C=O) groups is 1. The van der Waals surface area contributed by atoms with Crippen LogP contribution in [0.4, 0.5) is 5.69 Å². The Labute approximate surface area is 220 Å². The number of hydrogen-bond donors (Lipinski definition) is 1. The number of hydrogen-bond acceptors (Lipinski definition) is 7. The summed E-state index contributed by atoms with van der Waals surface area (Å²) in [5.41, 5.74) is 3.02. The summed E-state index contributed by atoms with van der Waals surface area (Å²) in [6.45, 7) is 7.90. The van der Waals surface area contributed by atoms with E-state index in [0.717, 1.165) is 16.5 Å². The molecular formula is C26H29ClN2O5S2. The van der Waals surface area contributed by atoms with Crippen molar-refractivity contribution >= 4 is 56.1 Å². The van der Waals surface area contributed by atoms with Crippen molar-refractivity contribution in [2.75, 3.05) is 17.5 Å². The van der Waals surface area contributed by atoms with Gasteiger partial charge in [0.25, 0.3) is 16.5 Å². The van der Waals surface area contributed by atoms with E-state index in [1.807, 2.05) is 31.4 Å². The molecule has 0 atom stereocenters. The third-order valence-electron chi connectivity index (χ3n) is 5.35. The Morgan fingerprint density at radius 2 is 1.94 bits per heavy atom. The second-order valence-corrected chi connectivity index (χ2v) is 11.1. The fourth-order valence-corrected chi connectivity index (χ4v) is 6.04. The maximum absolute atomic E-state index is 13.6. The lowest BCUT2D eigenvalue weighted by atomic mass is 10.1. The summed E-state index contributed by atoms with van der Waals surface area (Å²) in [6, 6.07) is 14.4. The molecule has 0 saturated carbocycles.